The molecule has 0 aromatic heterocycles. The molecule has 0 radical (unpaired) electrons. The minimum Gasteiger partial charge on any atom is -0.393 e. The number of hydrogen-bond donors (Lipinski definition) is 1. The molecule has 1 rings (SSSR count). The van der Waals surface area contributed by atoms with Crippen molar-refractivity contribution in [1.29, 1.82) is 0 Å². The summed E-state index contributed by atoms with van der Waals surface area (Å²) in [7, 11) is 0. The van der Waals surface area contributed by atoms with Crippen LogP contribution < -0.4 is 11.0 Å². The van der Waals surface area contributed by atoms with E-state index < -0.39 is 4.92 Å². The zero-order valence-electron chi connectivity index (χ0n) is 9.75. The van der Waals surface area contributed by atoms with Crippen molar-refractivity contribution in [3.63, 3.8) is 0 Å². The first-order chi connectivity index (χ1) is 8.10. The lowest BCUT2D eigenvalue weighted by atomic mass is 10.2. The summed E-state index contributed by atoms with van der Waals surface area (Å²) in [5.41, 5.74) is 5.85. The topological polar surface area (TPSA) is 90.9 Å². The van der Waals surface area contributed by atoms with E-state index in [4.69, 9.17) is 15.4 Å². The molecule has 17 heavy (non-hydrogen) atoms. The van der Waals surface area contributed by atoms with E-state index in [1.54, 1.807) is 19.9 Å². The van der Waals surface area contributed by atoms with Crippen molar-refractivity contribution in [2.24, 2.45) is 0 Å². The summed E-state index contributed by atoms with van der Waals surface area (Å²) in [4.78, 5) is 20.6. The monoisotopic (exact) mass is 241 g/mol. The molecule has 0 amide bonds. The van der Waals surface area contributed by atoms with Crippen molar-refractivity contribution >= 4 is 17.1 Å². The summed E-state index contributed by atoms with van der Waals surface area (Å²) in [6, 6.07) is 4.34. The van der Waals surface area contributed by atoms with Crippen LogP contribution in [0.2, 0.25) is 0 Å². The van der Waals surface area contributed by atoms with E-state index in [1.807, 2.05) is 0 Å². The van der Waals surface area contributed by atoms with Gasteiger partial charge >= 0.3 is 0 Å². The van der Waals surface area contributed by atoms with Gasteiger partial charge in [0.05, 0.1) is 18.1 Å². The molecule has 0 saturated heterocycles. The van der Waals surface area contributed by atoms with Crippen molar-refractivity contribution in [1.82, 2.24) is 0 Å². The number of hydrogen-bond acceptors (Lipinski definition) is 6. The molecular formula is C10H15N3O4. The average molecular weight is 241 g/mol. The van der Waals surface area contributed by atoms with Crippen LogP contribution in [-0.4, -0.2) is 18.1 Å². The first-order valence-corrected chi connectivity index (χ1v) is 5.20. The molecule has 0 atom stereocenters. The van der Waals surface area contributed by atoms with Gasteiger partial charge in [0.1, 0.15) is 11.4 Å². The number of nitro benzene ring substituents is 1. The van der Waals surface area contributed by atoms with Gasteiger partial charge in [-0.15, -0.1) is 5.23 Å². The highest BCUT2D eigenvalue weighted by Gasteiger charge is 2.16. The van der Waals surface area contributed by atoms with Gasteiger partial charge in [0, 0.05) is 6.07 Å². The third-order valence-corrected chi connectivity index (χ3v) is 1.91. The van der Waals surface area contributed by atoms with Crippen molar-refractivity contribution < 1.29 is 14.6 Å². The molecule has 0 aliphatic heterocycles. The maximum atomic E-state index is 10.7. The fourth-order valence-corrected chi connectivity index (χ4v) is 1.22. The van der Waals surface area contributed by atoms with Gasteiger partial charge < -0.3 is 5.73 Å². The average Bonchev–Trinajstić information content (AvgIpc) is 2.29. The highest BCUT2D eigenvalue weighted by atomic mass is 16.9. The maximum Gasteiger partial charge on any atom is 0.294 e. The largest absolute Gasteiger partial charge is 0.393 e. The molecule has 0 aliphatic carbocycles. The third kappa shape index (κ3) is 3.30. The van der Waals surface area contributed by atoms with Crippen LogP contribution in [0.1, 0.15) is 13.8 Å². The molecule has 7 heteroatoms. The van der Waals surface area contributed by atoms with Gasteiger partial charge in [0.25, 0.3) is 5.69 Å². The second kappa shape index (κ2) is 6.02. The molecule has 1 aromatic carbocycles. The molecule has 0 aliphatic rings. The predicted octanol–water partition coefficient (Wildman–Crippen LogP) is 1.89. The first kappa shape index (κ1) is 13.2. The molecule has 2 N–H and O–H groups in total. The van der Waals surface area contributed by atoms with Crippen LogP contribution in [-0.2, 0) is 9.68 Å². The highest BCUT2D eigenvalue weighted by Crippen LogP contribution is 2.27. The van der Waals surface area contributed by atoms with Gasteiger partial charge in [-0.3, -0.25) is 10.1 Å². The first-order valence-electron chi connectivity index (χ1n) is 5.20. The molecule has 0 fully saturated rings. The minimum absolute atomic E-state index is 0.103. The van der Waals surface area contributed by atoms with Crippen LogP contribution in [0.25, 0.3) is 0 Å². The van der Waals surface area contributed by atoms with Crippen molar-refractivity contribution in [2.75, 3.05) is 24.2 Å². The van der Waals surface area contributed by atoms with Crippen LogP contribution in [0.15, 0.2) is 18.2 Å². The fourth-order valence-electron chi connectivity index (χ4n) is 1.22. The Labute approximate surface area is 98.8 Å². The number of nitrogens with zero attached hydrogens (tertiary/aromatic N) is 2. The van der Waals surface area contributed by atoms with E-state index in [9.17, 15) is 10.1 Å². The lowest BCUT2D eigenvalue weighted by molar-refractivity contribution is -0.383. The van der Waals surface area contributed by atoms with Crippen molar-refractivity contribution in [3.05, 3.63) is 28.3 Å². The Hall–Kier alpha value is -1.86. The zero-order chi connectivity index (χ0) is 12.8. The molecule has 0 saturated carbocycles. The van der Waals surface area contributed by atoms with Crippen LogP contribution in [0.4, 0.5) is 17.1 Å². The van der Waals surface area contributed by atoms with E-state index in [1.165, 1.54) is 12.1 Å². The minimum atomic E-state index is -0.547. The Kier molecular flexibility index (Phi) is 4.68. The predicted molar refractivity (Wildman–Crippen MR) is 63.2 cm³/mol. The lowest BCUT2D eigenvalue weighted by Gasteiger charge is -2.21. The lowest BCUT2D eigenvalue weighted by Crippen LogP contribution is -2.24. The van der Waals surface area contributed by atoms with Gasteiger partial charge in [-0.1, -0.05) is 0 Å². The van der Waals surface area contributed by atoms with E-state index in [0.29, 0.717) is 18.9 Å². The van der Waals surface area contributed by atoms with Crippen LogP contribution in [0.3, 0.4) is 0 Å². The van der Waals surface area contributed by atoms with Crippen molar-refractivity contribution in [3.8, 4) is 0 Å². The van der Waals surface area contributed by atoms with Crippen LogP contribution in [0, 0.1) is 10.1 Å². The van der Waals surface area contributed by atoms with E-state index in [2.05, 4.69) is 0 Å². The van der Waals surface area contributed by atoms with E-state index >= 15 is 0 Å². The molecule has 7 nitrogen and oxygen atoms in total. The SMILES string of the molecule is CCON(OCC)c1ccc(N)c([N+](=O)[O-])c1. The van der Waals surface area contributed by atoms with Gasteiger partial charge in [0.15, 0.2) is 0 Å². The summed E-state index contributed by atoms with van der Waals surface area (Å²) in [5.74, 6) is 0. The maximum absolute atomic E-state index is 10.7. The van der Waals surface area contributed by atoms with Gasteiger partial charge in [0.2, 0.25) is 0 Å². The van der Waals surface area contributed by atoms with Crippen LogP contribution in [0.5, 0.6) is 0 Å². The highest BCUT2D eigenvalue weighted by molar-refractivity contribution is 5.65. The molecule has 94 valence electrons. The second-order valence-electron chi connectivity index (χ2n) is 3.09. The zero-order valence-corrected chi connectivity index (χ0v) is 9.75. The smallest absolute Gasteiger partial charge is 0.294 e. The second-order valence-corrected chi connectivity index (χ2v) is 3.09. The van der Waals surface area contributed by atoms with Gasteiger partial charge in [-0.05, 0) is 26.0 Å². The number of nitrogens with two attached hydrogens (primary N) is 1. The van der Waals surface area contributed by atoms with E-state index in [0.717, 1.165) is 5.23 Å². The summed E-state index contributed by atoms with van der Waals surface area (Å²) in [6.45, 7) is 4.35. The Morgan fingerprint density at radius 3 is 2.41 bits per heavy atom. The summed E-state index contributed by atoms with van der Waals surface area (Å²) >= 11 is 0. The van der Waals surface area contributed by atoms with E-state index in [-0.39, 0.29) is 11.4 Å². The molecule has 0 spiro atoms. The molecule has 0 heterocycles. The summed E-state index contributed by atoms with van der Waals surface area (Å²) < 4.78 is 0. The molecular weight excluding hydrogens is 226 g/mol. The number of anilines is 2. The summed E-state index contributed by atoms with van der Waals surface area (Å²) in [5, 5.41) is 11.9. The fraction of sp³-hybridized carbons (Fsp3) is 0.400. The van der Waals surface area contributed by atoms with Gasteiger partial charge in [-0.2, -0.15) is 0 Å². The normalized spacial score (nSPS) is 10.2. The Morgan fingerprint density at radius 2 is 1.94 bits per heavy atom. The molecule has 1 aromatic rings. The Balaban J connectivity index is 3.03. The summed E-state index contributed by atoms with van der Waals surface area (Å²) in [6.07, 6.45) is 0. The Morgan fingerprint density at radius 1 is 1.35 bits per heavy atom. The molecule has 0 bridgehead atoms. The number of benzene rings is 1. The Bertz CT molecular complexity index is 391. The molecule has 0 unspecified atom stereocenters. The standard InChI is InChI=1S/C10H15N3O4/c1-3-16-13(17-4-2)8-5-6-9(11)10(7-8)12(14)15/h5-7H,3-4,11H2,1-2H3. The number of rotatable bonds is 6. The number of nitro groups is 1. The quantitative estimate of drug-likeness (QED) is 0.464. The van der Waals surface area contributed by atoms with Gasteiger partial charge in [-0.25, -0.2) is 9.68 Å². The van der Waals surface area contributed by atoms with Crippen LogP contribution >= 0.6 is 0 Å². The van der Waals surface area contributed by atoms with Crippen molar-refractivity contribution in [2.45, 2.75) is 13.8 Å². The number of nitrogen functional groups attached to an aromatic ring is 1. The third-order valence-electron chi connectivity index (χ3n) is 1.91.